The first-order chi connectivity index (χ1) is 16.0. The highest BCUT2D eigenvalue weighted by molar-refractivity contribution is 6.15. The summed E-state index contributed by atoms with van der Waals surface area (Å²) < 4.78 is 39.8. The van der Waals surface area contributed by atoms with Crippen LogP contribution in [-0.2, 0) is 20.8 Å². The van der Waals surface area contributed by atoms with Crippen molar-refractivity contribution in [2.24, 2.45) is 0 Å². The Bertz CT molecular complexity index is 841. The summed E-state index contributed by atoms with van der Waals surface area (Å²) in [6.45, 7) is 2.54. The molecule has 0 aliphatic carbocycles. The van der Waals surface area contributed by atoms with Crippen molar-refractivity contribution in [3.63, 3.8) is 0 Å². The number of nitrogens with one attached hydrogen (secondary N) is 2. The summed E-state index contributed by atoms with van der Waals surface area (Å²) in [4.78, 5) is 41.7. The van der Waals surface area contributed by atoms with Gasteiger partial charge in [0.1, 0.15) is 6.04 Å². The number of halogens is 4. The van der Waals surface area contributed by atoms with Gasteiger partial charge in [0.05, 0.1) is 12.1 Å². The molecule has 34 heavy (non-hydrogen) atoms. The first-order valence-corrected chi connectivity index (χ1v) is 11.4. The summed E-state index contributed by atoms with van der Waals surface area (Å²) >= 11 is 5.44. The maximum Gasteiger partial charge on any atom is 0.471 e. The Morgan fingerprint density at radius 1 is 1.24 bits per heavy atom. The van der Waals surface area contributed by atoms with E-state index < -0.39 is 48.1 Å². The minimum Gasteiger partial charge on any atom is -0.391 e. The van der Waals surface area contributed by atoms with Crippen LogP contribution in [0.5, 0.6) is 0 Å². The molecule has 1 aliphatic rings. The van der Waals surface area contributed by atoms with Gasteiger partial charge < -0.3 is 20.2 Å². The molecule has 1 saturated heterocycles. The Morgan fingerprint density at radius 3 is 2.44 bits per heavy atom. The zero-order chi connectivity index (χ0) is 25.5. The van der Waals surface area contributed by atoms with Crippen molar-refractivity contribution >= 4 is 29.5 Å². The molecule has 3 amide bonds. The van der Waals surface area contributed by atoms with Crippen molar-refractivity contribution in [2.75, 3.05) is 19.6 Å². The topological polar surface area (TPSA) is 102 Å². The third-order valence-corrected chi connectivity index (χ3v) is 6.06. The maximum atomic E-state index is 13.3. The average Bonchev–Trinajstić information content (AvgIpc) is 3.26. The lowest BCUT2D eigenvalue weighted by atomic mass is 10.1. The molecule has 12 heteroatoms. The molecule has 190 valence electrons. The Hall–Kier alpha value is -2.37. The van der Waals surface area contributed by atoms with E-state index in [1.807, 2.05) is 0 Å². The lowest BCUT2D eigenvalue weighted by Gasteiger charge is -2.34. The molecule has 0 unspecified atom stereocenters. The van der Waals surface area contributed by atoms with E-state index >= 15 is 0 Å². The molecule has 3 N–H and O–H groups in total. The van der Waals surface area contributed by atoms with Crippen LogP contribution in [-0.4, -0.2) is 82.7 Å². The predicted octanol–water partition coefficient (Wildman–Crippen LogP) is 1.61. The molecular formula is C22H30ClF3N4O4. The molecule has 1 heterocycles. The molecule has 0 radical (unpaired) electrons. The molecule has 0 spiro atoms. The van der Waals surface area contributed by atoms with Gasteiger partial charge in [-0.1, -0.05) is 30.3 Å². The van der Waals surface area contributed by atoms with Crippen LogP contribution in [0.25, 0.3) is 0 Å². The summed E-state index contributed by atoms with van der Waals surface area (Å²) in [6.07, 6.45) is -5.18. The molecule has 8 nitrogen and oxygen atoms in total. The highest BCUT2D eigenvalue weighted by Gasteiger charge is 2.44. The van der Waals surface area contributed by atoms with Crippen LogP contribution in [0.1, 0.15) is 32.3 Å². The third-order valence-electron chi connectivity index (χ3n) is 5.74. The Morgan fingerprint density at radius 2 is 1.88 bits per heavy atom. The number of nitrogens with zero attached hydrogens (tertiary/aromatic N) is 2. The molecule has 0 aromatic heterocycles. The lowest BCUT2D eigenvalue weighted by Crippen LogP contribution is -2.58. The van der Waals surface area contributed by atoms with Gasteiger partial charge in [-0.05, 0) is 50.5 Å². The van der Waals surface area contributed by atoms with Gasteiger partial charge in [0.2, 0.25) is 11.8 Å². The molecular weight excluding hydrogens is 477 g/mol. The molecule has 2 rings (SSSR count). The summed E-state index contributed by atoms with van der Waals surface area (Å²) in [7, 11) is 0. The fraction of sp³-hybridized carbons (Fsp3) is 0.591. The zero-order valence-corrected chi connectivity index (χ0v) is 19.8. The number of benzene rings is 1. The smallest absolute Gasteiger partial charge is 0.391 e. The van der Waals surface area contributed by atoms with E-state index in [9.17, 15) is 32.7 Å². The average molecular weight is 507 g/mol. The molecule has 0 saturated carbocycles. The fourth-order valence-corrected chi connectivity index (χ4v) is 3.93. The fourth-order valence-electron chi connectivity index (χ4n) is 3.83. The molecule has 1 aromatic rings. The van der Waals surface area contributed by atoms with E-state index in [1.54, 1.807) is 30.3 Å². The largest absolute Gasteiger partial charge is 0.471 e. The van der Waals surface area contributed by atoms with Gasteiger partial charge in [-0.25, -0.2) is 4.84 Å². The Labute approximate surface area is 201 Å². The number of alkyl halides is 3. The van der Waals surface area contributed by atoms with Crippen molar-refractivity contribution in [3.8, 4) is 0 Å². The predicted molar refractivity (Wildman–Crippen MR) is 120 cm³/mol. The minimum atomic E-state index is -5.05. The molecule has 1 aromatic carbocycles. The number of aliphatic hydroxyl groups is 1. The van der Waals surface area contributed by atoms with Crippen LogP contribution in [0.3, 0.4) is 0 Å². The van der Waals surface area contributed by atoms with Gasteiger partial charge >= 0.3 is 12.1 Å². The van der Waals surface area contributed by atoms with Crippen molar-refractivity contribution in [1.29, 1.82) is 0 Å². The standard InChI is InChI=1S/C22H30ClF3N4O4/c1-14(28-23)19(32)27-18(15(2)31)20(33)30-11-6-9-17(30)13-29(21(34)22(24,25)26)12-10-16-7-4-3-5-8-16/h3-5,7-8,14-15,17-18,28,31H,6,9-13H2,1-2H3,(H,27,32)/t14-,15+,17-,18-/m0/s1. The highest BCUT2D eigenvalue weighted by Crippen LogP contribution is 2.24. The van der Waals surface area contributed by atoms with Crippen molar-refractivity contribution < 1.29 is 32.7 Å². The first-order valence-electron chi connectivity index (χ1n) is 11.0. The third kappa shape index (κ3) is 7.57. The van der Waals surface area contributed by atoms with Gasteiger partial charge in [-0.2, -0.15) is 13.2 Å². The second-order valence-corrected chi connectivity index (χ2v) is 8.59. The van der Waals surface area contributed by atoms with E-state index in [-0.39, 0.29) is 26.1 Å². The number of amides is 3. The number of hydrogen-bond donors (Lipinski definition) is 3. The van der Waals surface area contributed by atoms with Crippen LogP contribution < -0.4 is 10.2 Å². The first kappa shape index (κ1) is 27.9. The zero-order valence-electron chi connectivity index (χ0n) is 19.0. The second kappa shape index (κ2) is 12.4. The van der Waals surface area contributed by atoms with Gasteiger partial charge in [-0.15, -0.1) is 0 Å². The maximum absolute atomic E-state index is 13.3. The Balaban J connectivity index is 2.17. The van der Waals surface area contributed by atoms with Gasteiger partial charge in [-0.3, -0.25) is 14.4 Å². The summed E-state index contributed by atoms with van der Waals surface area (Å²) in [6, 6.07) is 5.98. The van der Waals surface area contributed by atoms with E-state index in [1.165, 1.54) is 18.7 Å². The number of rotatable bonds is 10. The SMILES string of the molecule is C[C@H](NCl)C(=O)N[C@H](C(=O)N1CCC[C@H]1CN(CCc1ccccc1)C(=O)C(F)(F)F)[C@@H](C)O. The molecule has 0 bridgehead atoms. The van der Waals surface area contributed by atoms with Crippen LogP contribution in [0.2, 0.25) is 0 Å². The second-order valence-electron chi connectivity index (χ2n) is 8.37. The van der Waals surface area contributed by atoms with E-state index in [4.69, 9.17) is 11.8 Å². The number of aliphatic hydroxyl groups excluding tert-OH is 1. The van der Waals surface area contributed by atoms with Crippen molar-refractivity contribution in [2.45, 2.75) is 63.5 Å². The molecule has 1 fully saturated rings. The van der Waals surface area contributed by atoms with Crippen molar-refractivity contribution in [3.05, 3.63) is 35.9 Å². The highest BCUT2D eigenvalue weighted by atomic mass is 35.5. The van der Waals surface area contributed by atoms with Gasteiger partial charge in [0.25, 0.3) is 0 Å². The summed E-state index contributed by atoms with van der Waals surface area (Å²) in [5.74, 6) is -3.22. The number of carbonyl (C=O) groups is 3. The summed E-state index contributed by atoms with van der Waals surface area (Å²) in [5.41, 5.74) is 0.778. The van der Waals surface area contributed by atoms with Gasteiger partial charge in [0.15, 0.2) is 0 Å². The lowest BCUT2D eigenvalue weighted by molar-refractivity contribution is -0.186. The van der Waals surface area contributed by atoms with Gasteiger partial charge in [0, 0.05) is 25.7 Å². The van der Waals surface area contributed by atoms with Crippen molar-refractivity contribution in [1.82, 2.24) is 20.0 Å². The number of carbonyl (C=O) groups excluding carboxylic acids is 3. The number of likely N-dealkylation sites (tertiary alicyclic amines) is 1. The monoisotopic (exact) mass is 506 g/mol. The quantitative estimate of drug-likeness (QED) is 0.418. The van der Waals surface area contributed by atoms with Crippen LogP contribution in [0, 0.1) is 0 Å². The van der Waals surface area contributed by atoms with E-state index in [0.717, 1.165) is 10.5 Å². The van der Waals surface area contributed by atoms with Crippen LogP contribution in [0.4, 0.5) is 13.2 Å². The van der Waals surface area contributed by atoms with Crippen LogP contribution >= 0.6 is 11.8 Å². The Kier molecular flexibility index (Phi) is 10.1. The van der Waals surface area contributed by atoms with E-state index in [0.29, 0.717) is 12.8 Å². The van der Waals surface area contributed by atoms with Crippen LogP contribution in [0.15, 0.2) is 30.3 Å². The normalized spacial score (nSPS) is 18.8. The number of hydrogen-bond acceptors (Lipinski definition) is 5. The summed E-state index contributed by atoms with van der Waals surface area (Å²) in [5, 5.41) is 12.5. The van der Waals surface area contributed by atoms with E-state index in [2.05, 4.69) is 10.2 Å². The molecule has 1 aliphatic heterocycles. The minimum absolute atomic E-state index is 0.170. The molecule has 4 atom stereocenters.